The zero-order chi connectivity index (χ0) is 19.8. The van der Waals surface area contributed by atoms with Crippen LogP contribution in [0.25, 0.3) is 10.8 Å². The van der Waals surface area contributed by atoms with Crippen molar-refractivity contribution in [2.24, 2.45) is 0 Å². The average Bonchev–Trinajstić information content (AvgIpc) is 2.94. The molecule has 0 unspecified atom stereocenters. The number of ketones is 1. The third-order valence-electron chi connectivity index (χ3n) is 4.99. The number of hydrogen-bond acceptors (Lipinski definition) is 3. The van der Waals surface area contributed by atoms with Crippen molar-refractivity contribution in [1.82, 2.24) is 0 Å². The maximum atomic E-state index is 12.9. The smallest absolute Gasteiger partial charge is 0.225 e. The van der Waals surface area contributed by atoms with Gasteiger partial charge in [0.25, 0.3) is 0 Å². The first-order valence-electron chi connectivity index (χ1n) is 9.08. The van der Waals surface area contributed by atoms with Gasteiger partial charge < -0.3 is 10.6 Å². The summed E-state index contributed by atoms with van der Waals surface area (Å²) < 4.78 is 0. The van der Waals surface area contributed by atoms with Crippen LogP contribution in [0.4, 0.5) is 11.4 Å². The SMILES string of the molecule is CCNc1cc(Cl)c(Cl)cc1NC(=O)C[C@@H]1C(=O)c2cccc3cccc1c23. The highest BCUT2D eigenvalue weighted by atomic mass is 35.5. The van der Waals surface area contributed by atoms with Crippen LogP contribution >= 0.6 is 23.2 Å². The van der Waals surface area contributed by atoms with Crippen LogP contribution in [0.2, 0.25) is 10.0 Å². The molecule has 142 valence electrons. The standard InChI is InChI=1S/C22H18Cl2N2O2/c1-2-25-18-10-16(23)17(24)11-19(18)26-20(27)9-15-13-7-3-5-12-6-4-8-14(21(12)13)22(15)28/h3-8,10-11,15,25H,2,9H2,1H3,(H,26,27)/t15-/m0/s1. The summed E-state index contributed by atoms with van der Waals surface area (Å²) >= 11 is 12.2. The van der Waals surface area contributed by atoms with E-state index in [-0.39, 0.29) is 18.1 Å². The minimum absolute atomic E-state index is 0.0111. The Morgan fingerprint density at radius 3 is 2.43 bits per heavy atom. The Balaban J connectivity index is 1.60. The Morgan fingerprint density at radius 2 is 1.71 bits per heavy atom. The van der Waals surface area contributed by atoms with Gasteiger partial charge in [0.15, 0.2) is 5.78 Å². The van der Waals surface area contributed by atoms with Crippen molar-refractivity contribution in [3.63, 3.8) is 0 Å². The number of Topliss-reactive ketones (excluding diaryl/α,β-unsaturated/α-hetero) is 1. The van der Waals surface area contributed by atoms with Crippen LogP contribution in [0, 0.1) is 0 Å². The maximum Gasteiger partial charge on any atom is 0.225 e. The molecular formula is C22H18Cl2N2O2. The van der Waals surface area contributed by atoms with Crippen molar-refractivity contribution < 1.29 is 9.59 Å². The number of amides is 1. The quantitative estimate of drug-likeness (QED) is 0.549. The third kappa shape index (κ3) is 3.23. The first kappa shape index (κ1) is 18.8. The van der Waals surface area contributed by atoms with Crippen molar-refractivity contribution in [2.75, 3.05) is 17.2 Å². The number of anilines is 2. The maximum absolute atomic E-state index is 12.9. The van der Waals surface area contributed by atoms with Crippen LogP contribution in [0.15, 0.2) is 48.5 Å². The molecule has 0 fully saturated rings. The van der Waals surface area contributed by atoms with E-state index in [0.717, 1.165) is 16.3 Å². The number of carbonyl (C=O) groups excluding carboxylic acids is 2. The zero-order valence-corrected chi connectivity index (χ0v) is 16.7. The summed E-state index contributed by atoms with van der Waals surface area (Å²) in [4.78, 5) is 25.7. The van der Waals surface area contributed by atoms with Gasteiger partial charge in [-0.15, -0.1) is 0 Å². The lowest BCUT2D eigenvalue weighted by atomic mass is 9.95. The normalized spacial score (nSPS) is 15.1. The predicted octanol–water partition coefficient (Wildman–Crippen LogP) is 5.89. The van der Waals surface area contributed by atoms with E-state index in [2.05, 4.69) is 10.6 Å². The van der Waals surface area contributed by atoms with Gasteiger partial charge in [-0.25, -0.2) is 0 Å². The Morgan fingerprint density at radius 1 is 1.04 bits per heavy atom. The number of halogens is 2. The van der Waals surface area contributed by atoms with Crippen LogP contribution in [-0.4, -0.2) is 18.2 Å². The summed E-state index contributed by atoms with van der Waals surface area (Å²) in [6, 6.07) is 14.8. The molecule has 0 aliphatic heterocycles. The van der Waals surface area contributed by atoms with Crippen LogP contribution in [0.3, 0.4) is 0 Å². The van der Waals surface area contributed by atoms with E-state index in [0.29, 0.717) is 33.5 Å². The number of rotatable bonds is 5. The lowest BCUT2D eigenvalue weighted by molar-refractivity contribution is -0.116. The Bertz CT molecular complexity index is 1110. The second-order valence-corrected chi connectivity index (χ2v) is 7.58. The van der Waals surface area contributed by atoms with Gasteiger partial charge in [0.05, 0.1) is 27.3 Å². The highest BCUT2D eigenvalue weighted by molar-refractivity contribution is 6.42. The molecule has 0 aromatic heterocycles. The van der Waals surface area contributed by atoms with Crippen molar-refractivity contribution >= 4 is 57.0 Å². The largest absolute Gasteiger partial charge is 0.384 e. The Hall–Kier alpha value is -2.56. The van der Waals surface area contributed by atoms with Crippen molar-refractivity contribution in [1.29, 1.82) is 0 Å². The second kappa shape index (κ2) is 7.46. The van der Waals surface area contributed by atoms with Crippen LogP contribution in [0.1, 0.15) is 35.2 Å². The molecular weight excluding hydrogens is 395 g/mol. The minimum Gasteiger partial charge on any atom is -0.384 e. The number of hydrogen-bond donors (Lipinski definition) is 2. The molecule has 2 N–H and O–H groups in total. The molecule has 1 amide bonds. The molecule has 28 heavy (non-hydrogen) atoms. The molecule has 1 aliphatic rings. The van der Waals surface area contributed by atoms with Gasteiger partial charge >= 0.3 is 0 Å². The first-order chi connectivity index (χ1) is 13.5. The fourth-order valence-corrected chi connectivity index (χ4v) is 4.10. The molecule has 6 heteroatoms. The van der Waals surface area contributed by atoms with Crippen molar-refractivity contribution in [3.05, 3.63) is 69.7 Å². The van der Waals surface area contributed by atoms with E-state index in [9.17, 15) is 9.59 Å². The zero-order valence-electron chi connectivity index (χ0n) is 15.2. The third-order valence-corrected chi connectivity index (χ3v) is 5.71. The molecule has 4 rings (SSSR count). The number of benzene rings is 3. The van der Waals surface area contributed by atoms with Gasteiger partial charge in [-0.1, -0.05) is 59.6 Å². The lowest BCUT2D eigenvalue weighted by Gasteiger charge is -2.15. The minimum atomic E-state index is -0.480. The molecule has 1 aliphatic carbocycles. The highest BCUT2D eigenvalue weighted by Gasteiger charge is 2.34. The van der Waals surface area contributed by atoms with Crippen molar-refractivity contribution in [3.8, 4) is 0 Å². The fraction of sp³-hybridized carbons (Fsp3) is 0.182. The molecule has 0 radical (unpaired) electrons. The summed E-state index contributed by atoms with van der Waals surface area (Å²) in [5.74, 6) is -0.741. The summed E-state index contributed by atoms with van der Waals surface area (Å²) in [6.45, 7) is 2.61. The predicted molar refractivity (Wildman–Crippen MR) is 115 cm³/mol. The Kier molecular flexibility index (Phi) is 5.00. The molecule has 0 bridgehead atoms. The molecule has 0 heterocycles. The van der Waals surface area contributed by atoms with E-state index in [4.69, 9.17) is 23.2 Å². The van der Waals surface area contributed by atoms with E-state index in [1.54, 1.807) is 12.1 Å². The van der Waals surface area contributed by atoms with Gasteiger partial charge in [0.2, 0.25) is 5.91 Å². The van der Waals surface area contributed by atoms with Gasteiger partial charge in [0.1, 0.15) is 0 Å². The van der Waals surface area contributed by atoms with Gasteiger partial charge in [-0.05, 0) is 35.4 Å². The summed E-state index contributed by atoms with van der Waals surface area (Å²) in [5, 5.41) is 8.76. The van der Waals surface area contributed by atoms with Crippen molar-refractivity contribution in [2.45, 2.75) is 19.3 Å². The van der Waals surface area contributed by atoms with Crippen LogP contribution in [0.5, 0.6) is 0 Å². The first-order valence-corrected chi connectivity index (χ1v) is 9.83. The topological polar surface area (TPSA) is 58.2 Å². The molecule has 3 aromatic rings. The highest BCUT2D eigenvalue weighted by Crippen LogP contribution is 2.40. The van der Waals surface area contributed by atoms with Crippen LogP contribution in [-0.2, 0) is 4.79 Å². The second-order valence-electron chi connectivity index (χ2n) is 6.76. The molecule has 4 nitrogen and oxygen atoms in total. The number of carbonyl (C=O) groups is 2. The monoisotopic (exact) mass is 412 g/mol. The van der Waals surface area contributed by atoms with Crippen LogP contribution < -0.4 is 10.6 Å². The van der Waals surface area contributed by atoms with E-state index in [1.807, 2.05) is 43.3 Å². The van der Waals surface area contributed by atoms with E-state index in [1.165, 1.54) is 0 Å². The van der Waals surface area contributed by atoms with E-state index < -0.39 is 5.92 Å². The molecule has 3 aromatic carbocycles. The lowest BCUT2D eigenvalue weighted by Crippen LogP contribution is -2.19. The Labute approximate surface area is 172 Å². The molecule has 0 saturated heterocycles. The van der Waals surface area contributed by atoms with Gasteiger partial charge in [-0.2, -0.15) is 0 Å². The fourth-order valence-electron chi connectivity index (χ4n) is 3.77. The summed E-state index contributed by atoms with van der Waals surface area (Å²) in [6.07, 6.45) is 0.0679. The number of nitrogens with one attached hydrogen (secondary N) is 2. The molecule has 1 atom stereocenters. The molecule has 0 spiro atoms. The average molecular weight is 413 g/mol. The van der Waals surface area contributed by atoms with Gasteiger partial charge in [-0.3, -0.25) is 9.59 Å². The molecule has 0 saturated carbocycles. The van der Waals surface area contributed by atoms with E-state index >= 15 is 0 Å². The summed E-state index contributed by atoms with van der Waals surface area (Å²) in [5.41, 5.74) is 2.83. The van der Waals surface area contributed by atoms with Gasteiger partial charge in [0, 0.05) is 18.5 Å². The summed E-state index contributed by atoms with van der Waals surface area (Å²) in [7, 11) is 0.